The van der Waals surface area contributed by atoms with E-state index in [0.717, 1.165) is 11.8 Å². The predicted molar refractivity (Wildman–Crippen MR) is 73.1 cm³/mol. The largest absolute Gasteiger partial charge is 0.348 e. The van der Waals surface area contributed by atoms with Crippen LogP contribution in [0, 0.1) is 0 Å². The topological polar surface area (TPSA) is 102 Å². The zero-order valence-electron chi connectivity index (χ0n) is 11.0. The Bertz CT molecular complexity index is 516. The molecule has 0 aliphatic heterocycles. The van der Waals surface area contributed by atoms with Crippen LogP contribution >= 0.6 is 0 Å². The number of rotatable bonds is 6. The van der Waals surface area contributed by atoms with E-state index in [2.05, 4.69) is 10.3 Å². The van der Waals surface area contributed by atoms with Crippen LogP contribution in [0.3, 0.4) is 0 Å². The van der Waals surface area contributed by atoms with Gasteiger partial charge in [0.2, 0.25) is 5.91 Å². The number of carbonyl (C=O) groups excluding carboxylic acids is 1. The minimum atomic E-state index is -3.10. The van der Waals surface area contributed by atoms with Crippen LogP contribution < -0.4 is 11.1 Å². The van der Waals surface area contributed by atoms with Gasteiger partial charge in [-0.25, -0.2) is 8.42 Å². The van der Waals surface area contributed by atoms with Gasteiger partial charge in [0.15, 0.2) is 0 Å². The van der Waals surface area contributed by atoms with Gasteiger partial charge in [0, 0.05) is 18.6 Å². The maximum absolute atomic E-state index is 11.8. The van der Waals surface area contributed by atoms with Crippen LogP contribution in [-0.2, 0) is 14.6 Å². The minimum absolute atomic E-state index is 0.0920. The van der Waals surface area contributed by atoms with Crippen molar-refractivity contribution in [1.29, 1.82) is 0 Å². The van der Waals surface area contributed by atoms with E-state index in [1.54, 1.807) is 24.5 Å². The molecule has 0 bridgehead atoms. The minimum Gasteiger partial charge on any atom is -0.348 e. The maximum Gasteiger partial charge on any atom is 0.237 e. The molecule has 7 heteroatoms. The van der Waals surface area contributed by atoms with E-state index in [4.69, 9.17) is 5.73 Å². The van der Waals surface area contributed by atoms with Gasteiger partial charge < -0.3 is 11.1 Å². The van der Waals surface area contributed by atoms with Crippen molar-refractivity contribution in [1.82, 2.24) is 10.3 Å². The molecule has 0 spiro atoms. The first kappa shape index (κ1) is 15.6. The number of nitrogens with two attached hydrogens (primary N) is 1. The summed E-state index contributed by atoms with van der Waals surface area (Å²) in [5, 5.41) is 2.75. The summed E-state index contributed by atoms with van der Waals surface area (Å²) in [5.74, 6) is -0.446. The standard InChI is InChI=1S/C12H19N3O3S/c1-9(10-3-6-14-7-4-10)15-12(16)11(13)5-8-19(2,17)18/h3-4,6-7,9,11H,5,8,13H2,1-2H3,(H,15,16)/t9-,11?/m1/s1. The number of nitrogens with zero attached hydrogens (tertiary/aromatic N) is 1. The molecule has 0 aliphatic carbocycles. The molecule has 0 aromatic carbocycles. The number of sulfone groups is 1. The van der Waals surface area contributed by atoms with E-state index >= 15 is 0 Å². The maximum atomic E-state index is 11.8. The average Bonchev–Trinajstić information content (AvgIpc) is 2.36. The molecule has 19 heavy (non-hydrogen) atoms. The van der Waals surface area contributed by atoms with Crippen molar-refractivity contribution >= 4 is 15.7 Å². The molecule has 106 valence electrons. The summed E-state index contributed by atoms with van der Waals surface area (Å²) in [6.07, 6.45) is 4.52. The van der Waals surface area contributed by atoms with Gasteiger partial charge in [-0.3, -0.25) is 9.78 Å². The zero-order chi connectivity index (χ0) is 14.5. The number of pyridine rings is 1. The van der Waals surface area contributed by atoms with Gasteiger partial charge in [0.05, 0.1) is 17.8 Å². The second kappa shape index (κ2) is 6.63. The second-order valence-corrected chi connectivity index (χ2v) is 6.80. The van der Waals surface area contributed by atoms with Gasteiger partial charge in [0.1, 0.15) is 9.84 Å². The van der Waals surface area contributed by atoms with Gasteiger partial charge in [-0.15, -0.1) is 0 Å². The number of nitrogens with one attached hydrogen (secondary N) is 1. The highest BCUT2D eigenvalue weighted by molar-refractivity contribution is 7.90. The van der Waals surface area contributed by atoms with Crippen molar-refractivity contribution < 1.29 is 13.2 Å². The Morgan fingerprint density at radius 1 is 1.42 bits per heavy atom. The summed E-state index contributed by atoms with van der Waals surface area (Å²) >= 11 is 0. The normalized spacial score (nSPS) is 14.7. The third-order valence-corrected chi connectivity index (χ3v) is 3.68. The molecule has 1 aromatic rings. The quantitative estimate of drug-likeness (QED) is 0.767. The summed E-state index contributed by atoms with van der Waals surface area (Å²) in [4.78, 5) is 15.7. The lowest BCUT2D eigenvalue weighted by atomic mass is 10.1. The highest BCUT2D eigenvalue weighted by atomic mass is 32.2. The van der Waals surface area contributed by atoms with Gasteiger partial charge in [-0.05, 0) is 31.0 Å². The molecule has 1 unspecified atom stereocenters. The summed E-state index contributed by atoms with van der Waals surface area (Å²) < 4.78 is 22.0. The van der Waals surface area contributed by atoms with Gasteiger partial charge in [0.25, 0.3) is 0 Å². The van der Waals surface area contributed by atoms with E-state index in [0.29, 0.717) is 0 Å². The fourth-order valence-electron chi connectivity index (χ4n) is 1.53. The van der Waals surface area contributed by atoms with E-state index in [1.807, 2.05) is 6.92 Å². The molecule has 0 aliphatic rings. The van der Waals surface area contributed by atoms with E-state index in [1.165, 1.54) is 0 Å². The Hall–Kier alpha value is -1.47. The Morgan fingerprint density at radius 3 is 2.53 bits per heavy atom. The molecule has 0 saturated heterocycles. The van der Waals surface area contributed by atoms with Crippen LogP contribution in [-0.4, -0.2) is 37.4 Å². The predicted octanol–water partition coefficient (Wildman–Crippen LogP) is 0.0208. The first-order chi connectivity index (χ1) is 8.79. The van der Waals surface area contributed by atoms with E-state index in [-0.39, 0.29) is 24.1 Å². The van der Waals surface area contributed by atoms with E-state index < -0.39 is 15.9 Å². The fourth-order valence-corrected chi connectivity index (χ4v) is 2.21. The van der Waals surface area contributed by atoms with Crippen molar-refractivity contribution in [2.45, 2.75) is 25.4 Å². The van der Waals surface area contributed by atoms with Crippen molar-refractivity contribution in [2.24, 2.45) is 5.73 Å². The third-order valence-electron chi connectivity index (χ3n) is 2.70. The Morgan fingerprint density at radius 2 is 2.00 bits per heavy atom. The summed E-state index contributed by atoms with van der Waals surface area (Å²) in [7, 11) is -3.10. The Labute approximate surface area is 113 Å². The highest BCUT2D eigenvalue weighted by Crippen LogP contribution is 2.10. The molecule has 0 fully saturated rings. The van der Waals surface area contributed by atoms with Crippen molar-refractivity contribution in [3.63, 3.8) is 0 Å². The molecule has 2 atom stereocenters. The molecule has 6 nitrogen and oxygen atoms in total. The molecule has 1 heterocycles. The molecule has 1 rings (SSSR count). The third kappa shape index (κ3) is 5.80. The first-order valence-electron chi connectivity index (χ1n) is 5.93. The molecule has 1 amide bonds. The number of hydrogen-bond donors (Lipinski definition) is 2. The van der Waals surface area contributed by atoms with Crippen LogP contribution in [0.2, 0.25) is 0 Å². The number of aromatic nitrogens is 1. The van der Waals surface area contributed by atoms with Gasteiger partial charge >= 0.3 is 0 Å². The van der Waals surface area contributed by atoms with Crippen LogP contribution in [0.1, 0.15) is 24.9 Å². The number of carbonyl (C=O) groups is 1. The second-order valence-electron chi connectivity index (χ2n) is 4.54. The lowest BCUT2D eigenvalue weighted by Gasteiger charge is -2.17. The number of amides is 1. The fraction of sp³-hybridized carbons (Fsp3) is 0.500. The number of hydrogen-bond acceptors (Lipinski definition) is 5. The van der Waals surface area contributed by atoms with Crippen LogP contribution in [0.4, 0.5) is 0 Å². The van der Waals surface area contributed by atoms with Gasteiger partial charge in [-0.1, -0.05) is 0 Å². The molecule has 0 radical (unpaired) electrons. The van der Waals surface area contributed by atoms with Crippen LogP contribution in [0.25, 0.3) is 0 Å². The monoisotopic (exact) mass is 285 g/mol. The SMILES string of the molecule is C[C@@H](NC(=O)C(N)CCS(C)(=O)=O)c1ccncc1. The molecule has 1 aromatic heterocycles. The average molecular weight is 285 g/mol. The van der Waals surface area contributed by atoms with Crippen LogP contribution in [0.5, 0.6) is 0 Å². The van der Waals surface area contributed by atoms with Crippen LogP contribution in [0.15, 0.2) is 24.5 Å². The van der Waals surface area contributed by atoms with Crippen molar-refractivity contribution in [3.05, 3.63) is 30.1 Å². The summed E-state index contributed by atoms with van der Waals surface area (Å²) in [6, 6.07) is 2.58. The molecular formula is C12H19N3O3S. The summed E-state index contributed by atoms with van der Waals surface area (Å²) in [5.41, 5.74) is 6.58. The smallest absolute Gasteiger partial charge is 0.237 e. The Balaban J connectivity index is 2.50. The summed E-state index contributed by atoms with van der Waals surface area (Å²) in [6.45, 7) is 1.83. The van der Waals surface area contributed by atoms with Crippen molar-refractivity contribution in [2.75, 3.05) is 12.0 Å². The lowest BCUT2D eigenvalue weighted by Crippen LogP contribution is -2.42. The Kier molecular flexibility index (Phi) is 5.44. The molecule has 3 N–H and O–H groups in total. The lowest BCUT2D eigenvalue weighted by molar-refractivity contribution is -0.123. The van der Waals surface area contributed by atoms with Crippen molar-refractivity contribution in [3.8, 4) is 0 Å². The molecule has 0 saturated carbocycles. The van der Waals surface area contributed by atoms with E-state index in [9.17, 15) is 13.2 Å². The first-order valence-corrected chi connectivity index (χ1v) is 7.99. The zero-order valence-corrected chi connectivity index (χ0v) is 11.9. The molecular weight excluding hydrogens is 266 g/mol. The van der Waals surface area contributed by atoms with Gasteiger partial charge in [-0.2, -0.15) is 0 Å². The highest BCUT2D eigenvalue weighted by Gasteiger charge is 2.18.